The normalized spacial score (nSPS) is 12.5. The predicted octanol–water partition coefficient (Wildman–Crippen LogP) is 5.60. The fraction of sp³-hybridized carbons (Fsp3) is 0.0769. The maximum absolute atomic E-state index is 13.6. The number of hydrogen-bond donors (Lipinski definition) is 0. The molecule has 0 saturated heterocycles. The Labute approximate surface area is 118 Å². The lowest BCUT2D eigenvalue weighted by Gasteiger charge is -2.13. The lowest BCUT2D eigenvalue weighted by molar-refractivity contribution is 0.573. The molecule has 2 aromatic rings. The van der Waals surface area contributed by atoms with E-state index in [0.29, 0.717) is 15.6 Å². The van der Waals surface area contributed by atoms with E-state index in [2.05, 4.69) is 0 Å². The molecule has 0 bridgehead atoms. The zero-order valence-electron chi connectivity index (χ0n) is 8.93. The molecule has 1 unspecified atom stereocenters. The van der Waals surface area contributed by atoms with Crippen LogP contribution in [0.3, 0.4) is 0 Å². The molecule has 0 aliphatic carbocycles. The second kappa shape index (κ2) is 5.43. The summed E-state index contributed by atoms with van der Waals surface area (Å²) < 4.78 is 26.4. The first-order valence-corrected chi connectivity index (χ1v) is 6.22. The van der Waals surface area contributed by atoms with Crippen LogP contribution in [0, 0.1) is 11.6 Å². The van der Waals surface area contributed by atoms with Crippen molar-refractivity contribution in [3.63, 3.8) is 0 Å². The fourth-order valence-electron chi connectivity index (χ4n) is 1.58. The number of alkyl halides is 1. The predicted molar refractivity (Wildman–Crippen MR) is 70.5 cm³/mol. The topological polar surface area (TPSA) is 0 Å². The second-order valence-electron chi connectivity index (χ2n) is 3.69. The van der Waals surface area contributed by atoms with Crippen molar-refractivity contribution in [2.75, 3.05) is 0 Å². The molecule has 18 heavy (non-hydrogen) atoms. The maximum atomic E-state index is 13.6. The highest BCUT2D eigenvalue weighted by Crippen LogP contribution is 2.36. The molecular formula is C13H7Cl3F2. The van der Waals surface area contributed by atoms with Crippen LogP contribution < -0.4 is 0 Å². The molecule has 0 spiro atoms. The van der Waals surface area contributed by atoms with Gasteiger partial charge >= 0.3 is 0 Å². The first-order chi connectivity index (χ1) is 8.49. The maximum Gasteiger partial charge on any atom is 0.131 e. The Hall–Kier alpha value is -0.830. The van der Waals surface area contributed by atoms with Crippen LogP contribution in [0.2, 0.25) is 10.0 Å². The molecule has 0 aromatic heterocycles. The van der Waals surface area contributed by atoms with Crippen molar-refractivity contribution < 1.29 is 8.78 Å². The Kier molecular flexibility index (Phi) is 4.10. The molecule has 0 saturated carbocycles. The Balaban J connectivity index is 2.44. The van der Waals surface area contributed by atoms with E-state index in [1.54, 1.807) is 12.1 Å². The van der Waals surface area contributed by atoms with Gasteiger partial charge in [-0.1, -0.05) is 35.3 Å². The molecule has 1 atom stereocenters. The third kappa shape index (κ3) is 2.77. The minimum atomic E-state index is -0.796. The molecule has 0 fully saturated rings. The molecule has 2 aromatic carbocycles. The van der Waals surface area contributed by atoms with Crippen molar-refractivity contribution in [3.05, 3.63) is 69.2 Å². The van der Waals surface area contributed by atoms with Crippen LogP contribution in [-0.4, -0.2) is 0 Å². The molecule has 0 aliphatic heterocycles. The summed E-state index contributed by atoms with van der Waals surface area (Å²) in [6, 6.07) is 7.99. The van der Waals surface area contributed by atoms with Crippen molar-refractivity contribution in [2.24, 2.45) is 0 Å². The van der Waals surface area contributed by atoms with Gasteiger partial charge in [-0.25, -0.2) is 8.78 Å². The minimum Gasteiger partial charge on any atom is -0.207 e. The van der Waals surface area contributed by atoms with E-state index in [1.165, 1.54) is 12.1 Å². The van der Waals surface area contributed by atoms with Gasteiger partial charge in [0.15, 0.2) is 0 Å². The van der Waals surface area contributed by atoms with Crippen LogP contribution in [0.1, 0.15) is 16.5 Å². The van der Waals surface area contributed by atoms with Gasteiger partial charge in [-0.2, -0.15) is 0 Å². The van der Waals surface area contributed by atoms with E-state index in [9.17, 15) is 8.78 Å². The average Bonchev–Trinajstić information content (AvgIpc) is 2.28. The zero-order valence-corrected chi connectivity index (χ0v) is 11.2. The number of hydrogen-bond acceptors (Lipinski definition) is 0. The van der Waals surface area contributed by atoms with Crippen molar-refractivity contribution in [1.29, 1.82) is 0 Å². The van der Waals surface area contributed by atoms with Crippen molar-refractivity contribution in [3.8, 4) is 0 Å². The first kappa shape index (κ1) is 13.6. The van der Waals surface area contributed by atoms with E-state index in [-0.39, 0.29) is 5.56 Å². The molecule has 94 valence electrons. The number of rotatable bonds is 2. The van der Waals surface area contributed by atoms with Crippen LogP contribution >= 0.6 is 34.8 Å². The molecule has 0 radical (unpaired) electrons. The summed E-state index contributed by atoms with van der Waals surface area (Å²) in [6.45, 7) is 0. The Morgan fingerprint density at radius 2 is 1.56 bits per heavy atom. The van der Waals surface area contributed by atoms with Gasteiger partial charge in [-0.15, -0.1) is 11.6 Å². The third-order valence-electron chi connectivity index (χ3n) is 2.47. The lowest BCUT2D eigenvalue weighted by atomic mass is 10.0. The highest BCUT2D eigenvalue weighted by Gasteiger charge is 2.18. The highest BCUT2D eigenvalue weighted by atomic mass is 35.5. The zero-order chi connectivity index (χ0) is 13.3. The molecule has 0 nitrogen and oxygen atoms in total. The molecule has 0 amide bonds. The van der Waals surface area contributed by atoms with Gasteiger partial charge in [0, 0.05) is 21.7 Å². The SMILES string of the molecule is Fc1ccc(C(Cl)c2ccc(Cl)cc2Cl)c(F)c1. The standard InChI is InChI=1S/C13H7Cl3F2/c14-7-1-3-9(11(15)5-7)13(16)10-4-2-8(17)6-12(10)18/h1-6,13H. The summed E-state index contributed by atoms with van der Waals surface area (Å²) in [4.78, 5) is 0. The van der Waals surface area contributed by atoms with E-state index in [4.69, 9.17) is 34.8 Å². The fourth-order valence-corrected chi connectivity index (χ4v) is 2.52. The Bertz CT molecular complexity index is 533. The Morgan fingerprint density at radius 3 is 2.17 bits per heavy atom. The van der Waals surface area contributed by atoms with Crippen LogP contribution in [0.4, 0.5) is 8.78 Å². The highest BCUT2D eigenvalue weighted by molar-refractivity contribution is 6.36. The molecular weight excluding hydrogens is 300 g/mol. The smallest absolute Gasteiger partial charge is 0.131 e. The number of halogens is 5. The molecule has 0 aliphatic rings. The van der Waals surface area contributed by atoms with Crippen LogP contribution in [0.15, 0.2) is 36.4 Å². The van der Waals surface area contributed by atoms with Crippen molar-refractivity contribution >= 4 is 34.8 Å². The number of benzene rings is 2. The monoisotopic (exact) mass is 306 g/mol. The average molecular weight is 308 g/mol. The minimum absolute atomic E-state index is 0.169. The van der Waals surface area contributed by atoms with Crippen LogP contribution in [0.25, 0.3) is 0 Å². The van der Waals surface area contributed by atoms with Gasteiger partial charge in [-0.3, -0.25) is 0 Å². The van der Waals surface area contributed by atoms with Crippen LogP contribution in [0.5, 0.6) is 0 Å². The summed E-state index contributed by atoms with van der Waals surface area (Å²) in [5, 5.41) is 0.00814. The quantitative estimate of drug-likeness (QED) is 0.633. The summed E-state index contributed by atoms with van der Waals surface area (Å²) in [5.74, 6) is -1.36. The van der Waals surface area contributed by atoms with E-state index in [0.717, 1.165) is 12.1 Å². The van der Waals surface area contributed by atoms with Gasteiger partial charge < -0.3 is 0 Å². The molecule has 5 heteroatoms. The van der Waals surface area contributed by atoms with Crippen molar-refractivity contribution in [1.82, 2.24) is 0 Å². The van der Waals surface area contributed by atoms with Gasteiger partial charge in [-0.05, 0) is 23.8 Å². The van der Waals surface area contributed by atoms with E-state index < -0.39 is 17.0 Å². The first-order valence-electron chi connectivity index (χ1n) is 5.03. The summed E-state index contributed by atoms with van der Waals surface area (Å²) >= 11 is 17.9. The third-order valence-corrected chi connectivity index (χ3v) is 3.50. The Morgan fingerprint density at radius 1 is 0.889 bits per heavy atom. The summed E-state index contributed by atoms with van der Waals surface area (Å²) in [7, 11) is 0. The second-order valence-corrected chi connectivity index (χ2v) is 4.97. The van der Waals surface area contributed by atoms with Crippen molar-refractivity contribution in [2.45, 2.75) is 5.38 Å². The largest absolute Gasteiger partial charge is 0.207 e. The molecule has 0 N–H and O–H groups in total. The van der Waals surface area contributed by atoms with Gasteiger partial charge in [0.05, 0.1) is 5.38 Å². The lowest BCUT2D eigenvalue weighted by Crippen LogP contribution is -1.98. The van der Waals surface area contributed by atoms with Gasteiger partial charge in [0.25, 0.3) is 0 Å². The molecule has 0 heterocycles. The molecule has 2 rings (SSSR count). The van der Waals surface area contributed by atoms with Gasteiger partial charge in [0.2, 0.25) is 0 Å². The van der Waals surface area contributed by atoms with E-state index >= 15 is 0 Å². The van der Waals surface area contributed by atoms with Crippen LogP contribution in [-0.2, 0) is 0 Å². The van der Waals surface area contributed by atoms with Gasteiger partial charge in [0.1, 0.15) is 11.6 Å². The summed E-state index contributed by atoms with van der Waals surface area (Å²) in [6.07, 6.45) is 0. The summed E-state index contributed by atoms with van der Waals surface area (Å²) in [5.41, 5.74) is 0.690. The van der Waals surface area contributed by atoms with E-state index in [1.807, 2.05) is 0 Å².